The van der Waals surface area contributed by atoms with Crippen molar-refractivity contribution in [2.75, 3.05) is 33.8 Å². The summed E-state index contributed by atoms with van der Waals surface area (Å²) < 4.78 is 5.75. The first-order valence-corrected chi connectivity index (χ1v) is 12.2. The van der Waals surface area contributed by atoms with Gasteiger partial charge < -0.3 is 19.6 Å². The third kappa shape index (κ3) is 5.76. The lowest BCUT2D eigenvalue weighted by Gasteiger charge is -2.27. The lowest BCUT2D eigenvalue weighted by atomic mass is 9.85. The lowest BCUT2D eigenvalue weighted by Crippen LogP contribution is -2.35. The topological polar surface area (TPSA) is 70.1 Å². The SMILES string of the molecule is CCCOc1ccc(C(O)=C2C(=O)C(=O)N(CCN(C)C)[C@H]2c2ccc(C(C)(C)C)cc2)cc1C. The van der Waals surface area contributed by atoms with Gasteiger partial charge in [0, 0.05) is 18.7 Å². The number of ketones is 1. The molecule has 1 atom stereocenters. The van der Waals surface area contributed by atoms with Crippen LogP contribution in [0.4, 0.5) is 0 Å². The molecule has 2 aromatic rings. The van der Waals surface area contributed by atoms with Crippen LogP contribution in [0.25, 0.3) is 5.76 Å². The molecule has 6 nitrogen and oxygen atoms in total. The molecular formula is C29H38N2O4. The number of benzene rings is 2. The summed E-state index contributed by atoms with van der Waals surface area (Å²) in [6, 6.07) is 12.7. The van der Waals surface area contributed by atoms with Crippen molar-refractivity contribution in [2.24, 2.45) is 0 Å². The molecular weight excluding hydrogens is 440 g/mol. The van der Waals surface area contributed by atoms with Gasteiger partial charge in [-0.2, -0.15) is 0 Å². The van der Waals surface area contributed by atoms with E-state index in [1.807, 2.05) is 57.1 Å². The largest absolute Gasteiger partial charge is 0.507 e. The quantitative estimate of drug-likeness (QED) is 0.326. The molecule has 0 aliphatic carbocycles. The van der Waals surface area contributed by atoms with Crippen LogP contribution >= 0.6 is 0 Å². The van der Waals surface area contributed by atoms with Gasteiger partial charge in [-0.3, -0.25) is 9.59 Å². The van der Waals surface area contributed by atoms with Crippen molar-refractivity contribution >= 4 is 17.4 Å². The molecule has 1 amide bonds. The number of carbonyl (C=O) groups is 2. The van der Waals surface area contributed by atoms with E-state index in [-0.39, 0.29) is 16.7 Å². The van der Waals surface area contributed by atoms with Crippen molar-refractivity contribution < 1.29 is 19.4 Å². The molecule has 6 heteroatoms. The Kier molecular flexibility index (Phi) is 8.06. The minimum absolute atomic E-state index is 0.0234. The first-order valence-electron chi connectivity index (χ1n) is 12.2. The van der Waals surface area contributed by atoms with Gasteiger partial charge in [-0.25, -0.2) is 0 Å². The Morgan fingerprint density at radius 2 is 1.74 bits per heavy atom. The van der Waals surface area contributed by atoms with Crippen molar-refractivity contribution in [2.45, 2.75) is 52.5 Å². The molecule has 0 aromatic heterocycles. The van der Waals surface area contributed by atoms with Crippen LogP contribution in [0.3, 0.4) is 0 Å². The third-order valence-electron chi connectivity index (χ3n) is 6.33. The van der Waals surface area contributed by atoms with E-state index in [9.17, 15) is 14.7 Å². The summed E-state index contributed by atoms with van der Waals surface area (Å²) >= 11 is 0. The molecule has 1 heterocycles. The monoisotopic (exact) mass is 478 g/mol. The first-order chi connectivity index (χ1) is 16.5. The molecule has 0 saturated carbocycles. The van der Waals surface area contributed by atoms with Gasteiger partial charge in [-0.1, -0.05) is 52.0 Å². The summed E-state index contributed by atoms with van der Waals surface area (Å²) in [6.45, 7) is 12.0. The number of hydrogen-bond donors (Lipinski definition) is 1. The maximum Gasteiger partial charge on any atom is 0.295 e. The van der Waals surface area contributed by atoms with Crippen LogP contribution in [-0.4, -0.2) is 60.4 Å². The first kappa shape index (κ1) is 26.5. The molecule has 0 radical (unpaired) electrons. The van der Waals surface area contributed by atoms with E-state index in [0.717, 1.165) is 28.9 Å². The summed E-state index contributed by atoms with van der Waals surface area (Å²) in [5, 5.41) is 11.3. The van der Waals surface area contributed by atoms with E-state index >= 15 is 0 Å². The lowest BCUT2D eigenvalue weighted by molar-refractivity contribution is -0.140. The molecule has 1 aliphatic heterocycles. The molecule has 2 aromatic carbocycles. The molecule has 0 bridgehead atoms. The van der Waals surface area contributed by atoms with Gasteiger partial charge in [-0.05, 0) is 67.7 Å². The predicted octanol–water partition coefficient (Wildman–Crippen LogP) is 5.06. The number of likely N-dealkylation sites (tertiary alicyclic amines) is 1. The van der Waals surface area contributed by atoms with E-state index in [1.54, 1.807) is 23.1 Å². The summed E-state index contributed by atoms with van der Waals surface area (Å²) in [4.78, 5) is 29.9. The molecule has 1 saturated heterocycles. The summed E-state index contributed by atoms with van der Waals surface area (Å²) in [7, 11) is 3.85. The van der Waals surface area contributed by atoms with Crippen molar-refractivity contribution in [3.63, 3.8) is 0 Å². The van der Waals surface area contributed by atoms with E-state index in [2.05, 4.69) is 20.8 Å². The smallest absolute Gasteiger partial charge is 0.295 e. The highest BCUT2D eigenvalue weighted by Crippen LogP contribution is 2.40. The van der Waals surface area contributed by atoms with Crippen molar-refractivity contribution in [1.82, 2.24) is 9.80 Å². The van der Waals surface area contributed by atoms with Crippen LogP contribution in [-0.2, 0) is 15.0 Å². The Hall–Kier alpha value is -3.12. The van der Waals surface area contributed by atoms with Gasteiger partial charge in [0.15, 0.2) is 0 Å². The number of amides is 1. The van der Waals surface area contributed by atoms with Gasteiger partial charge >= 0.3 is 0 Å². The van der Waals surface area contributed by atoms with Gasteiger partial charge in [0.05, 0.1) is 18.2 Å². The molecule has 0 unspecified atom stereocenters. The fourth-order valence-electron chi connectivity index (χ4n) is 4.26. The highest BCUT2D eigenvalue weighted by Gasteiger charge is 2.46. The number of rotatable bonds is 8. The van der Waals surface area contributed by atoms with Crippen molar-refractivity contribution in [3.05, 3.63) is 70.3 Å². The summed E-state index contributed by atoms with van der Waals surface area (Å²) in [5.41, 5.74) is 3.41. The molecule has 188 valence electrons. The van der Waals surface area contributed by atoms with E-state index in [1.165, 1.54) is 0 Å². The maximum atomic E-state index is 13.2. The molecule has 3 rings (SSSR count). The standard InChI is InChI=1S/C29H38N2O4/c1-8-17-35-23-14-11-21(18-19(23)2)26(32)24-25(20-9-12-22(13-10-20)29(3,4)5)31(16-15-30(6)7)28(34)27(24)33/h9-14,18,25,32H,8,15-17H2,1-7H3/t25-/m0/s1. The van der Waals surface area contributed by atoms with Crippen LogP contribution in [0.1, 0.15) is 62.4 Å². The number of aliphatic hydroxyl groups is 1. The Morgan fingerprint density at radius 3 is 2.29 bits per heavy atom. The molecule has 1 aliphatic rings. The zero-order chi connectivity index (χ0) is 25.9. The number of aryl methyl sites for hydroxylation is 1. The minimum atomic E-state index is -0.657. The van der Waals surface area contributed by atoms with Gasteiger partial charge in [-0.15, -0.1) is 0 Å². The van der Waals surface area contributed by atoms with Crippen LogP contribution in [0.2, 0.25) is 0 Å². The number of likely N-dealkylation sites (N-methyl/N-ethyl adjacent to an activating group) is 1. The average molecular weight is 479 g/mol. The second-order valence-corrected chi connectivity index (χ2v) is 10.5. The second-order valence-electron chi connectivity index (χ2n) is 10.5. The molecule has 0 spiro atoms. The Morgan fingerprint density at radius 1 is 1.09 bits per heavy atom. The number of hydrogen-bond acceptors (Lipinski definition) is 5. The number of carbonyl (C=O) groups excluding carboxylic acids is 2. The van der Waals surface area contributed by atoms with Crippen LogP contribution in [0.15, 0.2) is 48.0 Å². The van der Waals surface area contributed by atoms with Gasteiger partial charge in [0.2, 0.25) is 0 Å². The van der Waals surface area contributed by atoms with Crippen LogP contribution < -0.4 is 4.74 Å². The number of Topliss-reactive ketones (excluding diaryl/α,β-unsaturated/α-hetero) is 1. The van der Waals surface area contributed by atoms with Crippen LogP contribution in [0.5, 0.6) is 5.75 Å². The van der Waals surface area contributed by atoms with Gasteiger partial charge in [0.25, 0.3) is 11.7 Å². The fourth-order valence-corrected chi connectivity index (χ4v) is 4.26. The highest BCUT2D eigenvalue weighted by atomic mass is 16.5. The number of ether oxygens (including phenoxy) is 1. The minimum Gasteiger partial charge on any atom is -0.507 e. The molecule has 1 N–H and O–H groups in total. The second kappa shape index (κ2) is 10.6. The predicted molar refractivity (Wildman–Crippen MR) is 140 cm³/mol. The van der Waals surface area contributed by atoms with E-state index < -0.39 is 17.7 Å². The zero-order valence-corrected chi connectivity index (χ0v) is 22.0. The van der Waals surface area contributed by atoms with E-state index in [4.69, 9.17) is 4.74 Å². The zero-order valence-electron chi connectivity index (χ0n) is 22.0. The Labute approximate surface area is 209 Å². The average Bonchev–Trinajstić information content (AvgIpc) is 3.05. The van der Waals surface area contributed by atoms with Gasteiger partial charge in [0.1, 0.15) is 11.5 Å². The van der Waals surface area contributed by atoms with Crippen molar-refractivity contribution in [1.29, 1.82) is 0 Å². The third-order valence-corrected chi connectivity index (χ3v) is 6.33. The summed E-state index contributed by atoms with van der Waals surface area (Å²) in [5.74, 6) is -0.664. The highest BCUT2D eigenvalue weighted by molar-refractivity contribution is 6.46. The molecule has 35 heavy (non-hydrogen) atoms. The van der Waals surface area contributed by atoms with E-state index in [0.29, 0.717) is 25.3 Å². The summed E-state index contributed by atoms with van der Waals surface area (Å²) in [6.07, 6.45) is 0.894. The fraction of sp³-hybridized carbons (Fsp3) is 0.448. The Bertz CT molecular complexity index is 1110. The van der Waals surface area contributed by atoms with Crippen molar-refractivity contribution in [3.8, 4) is 5.75 Å². The van der Waals surface area contributed by atoms with Crippen LogP contribution in [0, 0.1) is 6.92 Å². The Balaban J connectivity index is 2.10. The number of aliphatic hydroxyl groups excluding tert-OH is 1. The normalized spacial score (nSPS) is 17.9. The number of nitrogens with zero attached hydrogens (tertiary/aromatic N) is 2. The maximum absolute atomic E-state index is 13.2. The molecule has 1 fully saturated rings.